The van der Waals surface area contributed by atoms with E-state index < -0.39 is 23.8 Å². The van der Waals surface area contributed by atoms with E-state index in [1.165, 1.54) is 30.4 Å². The summed E-state index contributed by atoms with van der Waals surface area (Å²) in [4.78, 5) is 25.7. The number of hydrogen-bond donors (Lipinski definition) is 1. The summed E-state index contributed by atoms with van der Waals surface area (Å²) >= 11 is 4.48. The SMILES string of the molecule is CCc1cc(C(=O)O[C@@H](C)C(=O)Nc2ccc(Br)cc2F)sc1C. The zero-order chi connectivity index (χ0) is 17.9. The van der Waals surface area contributed by atoms with Gasteiger partial charge < -0.3 is 10.1 Å². The molecule has 1 aromatic carbocycles. The number of benzene rings is 1. The molecule has 0 spiro atoms. The minimum absolute atomic E-state index is 0.0336. The average molecular weight is 414 g/mol. The Labute approximate surface area is 152 Å². The summed E-state index contributed by atoms with van der Waals surface area (Å²) < 4.78 is 19.5. The first kappa shape index (κ1) is 18.6. The fourth-order valence-electron chi connectivity index (χ4n) is 2.07. The Morgan fingerprint density at radius 2 is 2.08 bits per heavy atom. The van der Waals surface area contributed by atoms with Crippen molar-refractivity contribution in [2.24, 2.45) is 0 Å². The van der Waals surface area contributed by atoms with E-state index in [0.29, 0.717) is 9.35 Å². The number of anilines is 1. The molecule has 0 unspecified atom stereocenters. The van der Waals surface area contributed by atoms with Gasteiger partial charge in [-0.1, -0.05) is 22.9 Å². The number of carbonyl (C=O) groups excluding carboxylic acids is 2. The van der Waals surface area contributed by atoms with Gasteiger partial charge in [-0.15, -0.1) is 11.3 Å². The molecule has 24 heavy (non-hydrogen) atoms. The van der Waals surface area contributed by atoms with Crippen molar-refractivity contribution in [3.63, 3.8) is 0 Å². The van der Waals surface area contributed by atoms with Crippen molar-refractivity contribution < 1.29 is 18.7 Å². The van der Waals surface area contributed by atoms with E-state index in [1.54, 1.807) is 12.1 Å². The van der Waals surface area contributed by atoms with Crippen LogP contribution in [0.1, 0.15) is 34.0 Å². The van der Waals surface area contributed by atoms with E-state index in [-0.39, 0.29) is 5.69 Å². The molecule has 1 heterocycles. The van der Waals surface area contributed by atoms with Crippen LogP contribution in [0.25, 0.3) is 0 Å². The number of esters is 1. The first-order valence-corrected chi connectivity index (χ1v) is 8.99. The zero-order valence-electron chi connectivity index (χ0n) is 13.5. The summed E-state index contributed by atoms with van der Waals surface area (Å²) in [6.45, 7) is 5.39. The molecule has 0 saturated carbocycles. The molecular weight excluding hydrogens is 397 g/mol. The van der Waals surface area contributed by atoms with Gasteiger partial charge in [0.15, 0.2) is 6.10 Å². The maximum absolute atomic E-state index is 13.7. The third kappa shape index (κ3) is 4.42. The lowest BCUT2D eigenvalue weighted by Crippen LogP contribution is -2.30. The standard InChI is InChI=1S/C17H17BrFNO3S/c1-4-11-7-15(24-10(11)3)17(22)23-9(2)16(21)20-14-6-5-12(18)8-13(14)19/h5-9H,4H2,1-3H3,(H,20,21)/t9-/m0/s1. The first-order chi connectivity index (χ1) is 11.3. The van der Waals surface area contributed by atoms with Gasteiger partial charge in [0, 0.05) is 9.35 Å². The van der Waals surface area contributed by atoms with Gasteiger partial charge in [0.05, 0.1) is 5.69 Å². The van der Waals surface area contributed by atoms with Crippen LogP contribution < -0.4 is 5.32 Å². The highest BCUT2D eigenvalue weighted by Crippen LogP contribution is 2.23. The van der Waals surface area contributed by atoms with Crippen molar-refractivity contribution in [3.05, 3.63) is 49.9 Å². The molecule has 2 rings (SSSR count). The fourth-order valence-corrected chi connectivity index (χ4v) is 3.40. The van der Waals surface area contributed by atoms with Gasteiger partial charge >= 0.3 is 5.97 Å². The predicted molar refractivity (Wildman–Crippen MR) is 96.0 cm³/mol. The van der Waals surface area contributed by atoms with Crippen molar-refractivity contribution >= 4 is 44.8 Å². The van der Waals surface area contributed by atoms with E-state index in [0.717, 1.165) is 16.9 Å². The fraction of sp³-hybridized carbons (Fsp3) is 0.294. The molecule has 0 aliphatic carbocycles. The van der Waals surface area contributed by atoms with Crippen molar-refractivity contribution in [3.8, 4) is 0 Å². The maximum atomic E-state index is 13.7. The number of ether oxygens (including phenoxy) is 1. The third-order valence-electron chi connectivity index (χ3n) is 3.44. The number of carbonyl (C=O) groups is 2. The second-order valence-corrected chi connectivity index (χ2v) is 7.38. The Kier molecular flexibility index (Phi) is 6.12. The highest BCUT2D eigenvalue weighted by atomic mass is 79.9. The Bertz CT molecular complexity index is 775. The Morgan fingerprint density at radius 1 is 1.38 bits per heavy atom. The van der Waals surface area contributed by atoms with Crippen LogP contribution in [0.5, 0.6) is 0 Å². The van der Waals surface area contributed by atoms with Crippen LogP contribution in [0, 0.1) is 12.7 Å². The Hall–Kier alpha value is -1.73. The number of hydrogen-bond acceptors (Lipinski definition) is 4. The number of aryl methyl sites for hydroxylation is 2. The number of halogens is 2. The highest BCUT2D eigenvalue weighted by Gasteiger charge is 2.21. The molecule has 0 bridgehead atoms. The van der Waals surface area contributed by atoms with Gasteiger partial charge in [-0.25, -0.2) is 9.18 Å². The molecule has 4 nitrogen and oxygen atoms in total. The van der Waals surface area contributed by atoms with Crippen LogP contribution in [0.15, 0.2) is 28.7 Å². The summed E-state index contributed by atoms with van der Waals surface area (Å²) in [5, 5.41) is 2.41. The lowest BCUT2D eigenvalue weighted by atomic mass is 10.2. The number of nitrogens with one attached hydrogen (secondary N) is 1. The quantitative estimate of drug-likeness (QED) is 0.722. The normalized spacial score (nSPS) is 11.9. The molecule has 0 aliphatic heterocycles. The van der Waals surface area contributed by atoms with Gasteiger partial charge in [0.25, 0.3) is 5.91 Å². The van der Waals surface area contributed by atoms with E-state index >= 15 is 0 Å². The van der Waals surface area contributed by atoms with Crippen LogP contribution in [-0.2, 0) is 16.0 Å². The predicted octanol–water partition coefficient (Wildman–Crippen LogP) is 4.70. The van der Waals surface area contributed by atoms with E-state index in [4.69, 9.17) is 4.74 Å². The van der Waals surface area contributed by atoms with Crippen LogP contribution in [0.4, 0.5) is 10.1 Å². The molecule has 0 fully saturated rings. The largest absolute Gasteiger partial charge is 0.448 e. The molecule has 128 valence electrons. The molecule has 7 heteroatoms. The lowest BCUT2D eigenvalue weighted by Gasteiger charge is -2.13. The second kappa shape index (κ2) is 7.90. The topological polar surface area (TPSA) is 55.4 Å². The van der Waals surface area contributed by atoms with Crippen LogP contribution in [-0.4, -0.2) is 18.0 Å². The van der Waals surface area contributed by atoms with Crippen molar-refractivity contribution in [2.45, 2.75) is 33.3 Å². The molecule has 1 aromatic heterocycles. The summed E-state index contributed by atoms with van der Waals surface area (Å²) in [5.74, 6) is -1.71. The molecule has 2 aromatic rings. The molecular formula is C17H17BrFNO3S. The van der Waals surface area contributed by atoms with Gasteiger partial charge in [-0.3, -0.25) is 4.79 Å². The number of rotatable bonds is 5. The molecule has 0 radical (unpaired) electrons. The summed E-state index contributed by atoms with van der Waals surface area (Å²) in [6, 6.07) is 6.06. The van der Waals surface area contributed by atoms with Gasteiger partial charge in [0.2, 0.25) is 0 Å². The van der Waals surface area contributed by atoms with E-state index in [2.05, 4.69) is 21.2 Å². The summed E-state index contributed by atoms with van der Waals surface area (Å²) in [5.41, 5.74) is 1.12. The second-order valence-electron chi connectivity index (χ2n) is 5.21. The number of thiophene rings is 1. The number of amides is 1. The van der Waals surface area contributed by atoms with Gasteiger partial charge in [-0.05, 0) is 50.1 Å². The Morgan fingerprint density at radius 3 is 2.67 bits per heavy atom. The van der Waals surface area contributed by atoms with Gasteiger partial charge in [-0.2, -0.15) is 0 Å². The molecule has 1 atom stereocenters. The highest BCUT2D eigenvalue weighted by molar-refractivity contribution is 9.10. The van der Waals surface area contributed by atoms with Crippen molar-refractivity contribution in [1.29, 1.82) is 0 Å². The molecule has 0 saturated heterocycles. The lowest BCUT2D eigenvalue weighted by molar-refractivity contribution is -0.123. The minimum Gasteiger partial charge on any atom is -0.448 e. The van der Waals surface area contributed by atoms with Crippen LogP contribution >= 0.6 is 27.3 Å². The van der Waals surface area contributed by atoms with E-state index in [1.807, 2.05) is 13.8 Å². The molecule has 1 N–H and O–H groups in total. The van der Waals surface area contributed by atoms with Crippen LogP contribution in [0.2, 0.25) is 0 Å². The molecule has 0 aliphatic rings. The maximum Gasteiger partial charge on any atom is 0.349 e. The summed E-state index contributed by atoms with van der Waals surface area (Å²) in [7, 11) is 0. The summed E-state index contributed by atoms with van der Waals surface area (Å²) in [6.07, 6.45) is -0.206. The Balaban J connectivity index is 2.01. The zero-order valence-corrected chi connectivity index (χ0v) is 15.9. The van der Waals surface area contributed by atoms with Gasteiger partial charge in [0.1, 0.15) is 10.7 Å². The first-order valence-electron chi connectivity index (χ1n) is 7.38. The van der Waals surface area contributed by atoms with Crippen molar-refractivity contribution in [2.75, 3.05) is 5.32 Å². The van der Waals surface area contributed by atoms with Crippen molar-refractivity contribution in [1.82, 2.24) is 0 Å². The smallest absolute Gasteiger partial charge is 0.349 e. The minimum atomic E-state index is -1.03. The average Bonchev–Trinajstić information content (AvgIpc) is 2.91. The molecule has 1 amide bonds. The van der Waals surface area contributed by atoms with Crippen LogP contribution in [0.3, 0.4) is 0 Å². The van der Waals surface area contributed by atoms with E-state index in [9.17, 15) is 14.0 Å². The monoisotopic (exact) mass is 413 g/mol. The third-order valence-corrected chi connectivity index (χ3v) is 5.01.